The number of nitrogens with zero attached hydrogens (tertiary/aromatic N) is 1. The Balaban J connectivity index is 3.30. The Kier molecular flexibility index (Phi) is 10.0. The minimum Gasteiger partial charge on any atom is -0.316 e. The van der Waals surface area contributed by atoms with E-state index in [1.54, 1.807) is 0 Å². The van der Waals surface area contributed by atoms with Gasteiger partial charge < -0.3 is 10.2 Å². The standard InChI is InChI=1S/C14H32N2/c1-6-9-14(4)16(5)11-8-7-10-15-12-13(2)3/h13-15H,6-12H2,1-5H3. The summed E-state index contributed by atoms with van der Waals surface area (Å²) >= 11 is 0. The highest BCUT2D eigenvalue weighted by Gasteiger charge is 2.06. The molecule has 0 aliphatic heterocycles. The van der Waals surface area contributed by atoms with Crippen molar-refractivity contribution >= 4 is 0 Å². The topological polar surface area (TPSA) is 15.3 Å². The molecule has 16 heavy (non-hydrogen) atoms. The summed E-state index contributed by atoms with van der Waals surface area (Å²) in [6, 6.07) is 0.744. The highest BCUT2D eigenvalue weighted by atomic mass is 15.1. The zero-order valence-corrected chi connectivity index (χ0v) is 12.1. The predicted molar refractivity (Wildman–Crippen MR) is 73.9 cm³/mol. The van der Waals surface area contributed by atoms with Crippen LogP contribution in [0.2, 0.25) is 0 Å². The molecule has 0 aliphatic rings. The number of hydrogen-bond acceptors (Lipinski definition) is 2. The van der Waals surface area contributed by atoms with Crippen LogP contribution >= 0.6 is 0 Å². The van der Waals surface area contributed by atoms with Gasteiger partial charge in [-0.2, -0.15) is 0 Å². The molecule has 0 aromatic heterocycles. The van der Waals surface area contributed by atoms with E-state index in [9.17, 15) is 0 Å². The molecule has 0 radical (unpaired) electrons. The van der Waals surface area contributed by atoms with Gasteiger partial charge in [0.2, 0.25) is 0 Å². The van der Waals surface area contributed by atoms with Crippen molar-refractivity contribution in [2.45, 2.75) is 59.4 Å². The highest BCUT2D eigenvalue weighted by Crippen LogP contribution is 2.05. The summed E-state index contributed by atoms with van der Waals surface area (Å²) in [5.41, 5.74) is 0. The Labute approximate surface area is 103 Å². The van der Waals surface area contributed by atoms with Gasteiger partial charge in [0.15, 0.2) is 0 Å². The Hall–Kier alpha value is -0.0800. The van der Waals surface area contributed by atoms with E-state index in [1.165, 1.54) is 38.8 Å². The first-order valence-corrected chi connectivity index (χ1v) is 6.98. The molecule has 0 saturated carbocycles. The molecule has 0 spiro atoms. The monoisotopic (exact) mass is 228 g/mol. The first kappa shape index (κ1) is 15.9. The first-order chi connectivity index (χ1) is 7.57. The number of rotatable bonds is 10. The number of unbranched alkanes of at least 4 members (excludes halogenated alkanes) is 1. The lowest BCUT2D eigenvalue weighted by Crippen LogP contribution is -2.30. The Morgan fingerprint density at radius 3 is 2.38 bits per heavy atom. The van der Waals surface area contributed by atoms with Crippen molar-refractivity contribution in [3.8, 4) is 0 Å². The first-order valence-electron chi connectivity index (χ1n) is 6.98. The van der Waals surface area contributed by atoms with Crippen molar-refractivity contribution in [1.82, 2.24) is 10.2 Å². The van der Waals surface area contributed by atoms with E-state index >= 15 is 0 Å². The van der Waals surface area contributed by atoms with Crippen LogP contribution in [-0.2, 0) is 0 Å². The van der Waals surface area contributed by atoms with Crippen molar-refractivity contribution in [3.63, 3.8) is 0 Å². The van der Waals surface area contributed by atoms with E-state index in [2.05, 4.69) is 45.0 Å². The molecule has 0 fully saturated rings. The molecule has 0 saturated heterocycles. The van der Waals surface area contributed by atoms with Crippen molar-refractivity contribution in [2.24, 2.45) is 5.92 Å². The van der Waals surface area contributed by atoms with Gasteiger partial charge in [0.05, 0.1) is 0 Å². The van der Waals surface area contributed by atoms with Crippen LogP contribution in [0.4, 0.5) is 0 Å². The molecule has 0 aromatic carbocycles. The summed E-state index contributed by atoms with van der Waals surface area (Å²) in [4.78, 5) is 2.49. The summed E-state index contributed by atoms with van der Waals surface area (Å²) in [6.45, 7) is 12.7. The van der Waals surface area contributed by atoms with E-state index in [1.807, 2.05) is 0 Å². The summed E-state index contributed by atoms with van der Waals surface area (Å²) in [5, 5.41) is 3.49. The van der Waals surface area contributed by atoms with Gasteiger partial charge in [-0.25, -0.2) is 0 Å². The lowest BCUT2D eigenvalue weighted by atomic mass is 10.1. The fourth-order valence-electron chi connectivity index (χ4n) is 1.86. The van der Waals surface area contributed by atoms with Crippen molar-refractivity contribution in [1.29, 1.82) is 0 Å². The molecule has 2 nitrogen and oxygen atoms in total. The van der Waals surface area contributed by atoms with Crippen LogP contribution in [0.3, 0.4) is 0 Å². The van der Waals surface area contributed by atoms with Crippen LogP contribution in [0.15, 0.2) is 0 Å². The van der Waals surface area contributed by atoms with Gasteiger partial charge in [-0.15, -0.1) is 0 Å². The second-order valence-corrected chi connectivity index (χ2v) is 5.42. The third kappa shape index (κ3) is 9.17. The molecule has 0 heterocycles. The molecule has 0 amide bonds. The minimum absolute atomic E-state index is 0.744. The van der Waals surface area contributed by atoms with Gasteiger partial charge in [-0.05, 0) is 58.8 Å². The molecule has 0 bridgehead atoms. The maximum atomic E-state index is 3.49. The van der Waals surface area contributed by atoms with Gasteiger partial charge in [0.25, 0.3) is 0 Å². The molecular formula is C14H32N2. The number of hydrogen-bond donors (Lipinski definition) is 1. The van der Waals surface area contributed by atoms with Crippen LogP contribution in [0.1, 0.15) is 53.4 Å². The van der Waals surface area contributed by atoms with E-state index in [4.69, 9.17) is 0 Å². The smallest absolute Gasteiger partial charge is 0.00637 e. The second-order valence-electron chi connectivity index (χ2n) is 5.42. The molecule has 2 heteroatoms. The van der Waals surface area contributed by atoms with Crippen LogP contribution in [0, 0.1) is 5.92 Å². The highest BCUT2D eigenvalue weighted by molar-refractivity contribution is 4.62. The predicted octanol–water partition coefficient (Wildman–Crippen LogP) is 3.13. The van der Waals surface area contributed by atoms with Crippen molar-refractivity contribution < 1.29 is 0 Å². The summed E-state index contributed by atoms with van der Waals surface area (Å²) in [6.07, 6.45) is 5.23. The summed E-state index contributed by atoms with van der Waals surface area (Å²) in [7, 11) is 2.25. The minimum atomic E-state index is 0.744. The average Bonchev–Trinajstić information content (AvgIpc) is 2.22. The maximum Gasteiger partial charge on any atom is 0.00637 e. The largest absolute Gasteiger partial charge is 0.316 e. The zero-order chi connectivity index (χ0) is 12.4. The molecule has 98 valence electrons. The maximum absolute atomic E-state index is 3.49. The SMILES string of the molecule is CCCC(C)N(C)CCCCNCC(C)C. The lowest BCUT2D eigenvalue weighted by Gasteiger charge is -2.24. The Bertz CT molecular complexity index is 146. The summed E-state index contributed by atoms with van der Waals surface area (Å²) in [5.74, 6) is 0.771. The molecular weight excluding hydrogens is 196 g/mol. The van der Waals surface area contributed by atoms with E-state index in [0.29, 0.717) is 0 Å². The van der Waals surface area contributed by atoms with Crippen LogP contribution in [0.5, 0.6) is 0 Å². The molecule has 0 aliphatic carbocycles. The quantitative estimate of drug-likeness (QED) is 0.578. The normalized spacial score (nSPS) is 13.7. The van der Waals surface area contributed by atoms with Gasteiger partial charge in [-0.3, -0.25) is 0 Å². The number of nitrogens with one attached hydrogen (secondary N) is 1. The van der Waals surface area contributed by atoms with Gasteiger partial charge >= 0.3 is 0 Å². The third-order valence-corrected chi connectivity index (χ3v) is 3.13. The zero-order valence-electron chi connectivity index (χ0n) is 12.1. The second kappa shape index (κ2) is 10.1. The van der Waals surface area contributed by atoms with Gasteiger partial charge in [0.1, 0.15) is 0 Å². The van der Waals surface area contributed by atoms with Crippen LogP contribution in [0.25, 0.3) is 0 Å². The van der Waals surface area contributed by atoms with Crippen molar-refractivity contribution in [2.75, 3.05) is 26.7 Å². The van der Waals surface area contributed by atoms with Crippen LogP contribution < -0.4 is 5.32 Å². The van der Waals surface area contributed by atoms with E-state index in [0.717, 1.165) is 18.5 Å². The van der Waals surface area contributed by atoms with E-state index < -0.39 is 0 Å². The fraction of sp³-hybridized carbons (Fsp3) is 1.00. The van der Waals surface area contributed by atoms with Gasteiger partial charge in [-0.1, -0.05) is 27.2 Å². The molecule has 1 unspecified atom stereocenters. The van der Waals surface area contributed by atoms with Gasteiger partial charge in [0, 0.05) is 6.04 Å². The van der Waals surface area contributed by atoms with Crippen molar-refractivity contribution in [3.05, 3.63) is 0 Å². The molecule has 1 atom stereocenters. The summed E-state index contributed by atoms with van der Waals surface area (Å²) < 4.78 is 0. The fourth-order valence-corrected chi connectivity index (χ4v) is 1.86. The molecule has 0 aromatic rings. The molecule has 0 rings (SSSR count). The third-order valence-electron chi connectivity index (χ3n) is 3.13. The average molecular weight is 228 g/mol. The molecule has 1 N–H and O–H groups in total. The van der Waals surface area contributed by atoms with Crippen LogP contribution in [-0.4, -0.2) is 37.6 Å². The Morgan fingerprint density at radius 1 is 1.12 bits per heavy atom. The Morgan fingerprint density at radius 2 is 1.81 bits per heavy atom. The lowest BCUT2D eigenvalue weighted by molar-refractivity contribution is 0.240. The van der Waals surface area contributed by atoms with E-state index in [-0.39, 0.29) is 0 Å².